The molecule has 0 unspecified atom stereocenters. The third-order valence-electron chi connectivity index (χ3n) is 10.4. The number of rotatable bonds is 26. The monoisotopic (exact) mass is 733 g/mol. The van der Waals surface area contributed by atoms with E-state index >= 15 is 0 Å². The minimum Gasteiger partial charge on any atom is -0.507 e. The second-order valence-corrected chi connectivity index (χ2v) is 14.9. The van der Waals surface area contributed by atoms with Gasteiger partial charge in [-0.2, -0.15) is 9.97 Å². The van der Waals surface area contributed by atoms with Crippen LogP contribution in [-0.4, -0.2) is 38.4 Å². The van der Waals surface area contributed by atoms with Gasteiger partial charge in [0.05, 0.1) is 13.2 Å². The van der Waals surface area contributed by atoms with Gasteiger partial charge in [-0.3, -0.25) is 0 Å². The van der Waals surface area contributed by atoms with Crippen molar-refractivity contribution >= 4 is 21.5 Å². The lowest BCUT2D eigenvalue weighted by molar-refractivity contribution is 0.281. The maximum Gasteiger partial charge on any atom is 0.320 e. The summed E-state index contributed by atoms with van der Waals surface area (Å²) >= 11 is 0. The number of aromatic nitrogens is 3. The number of aromatic hydroxyl groups is 2. The fourth-order valence-corrected chi connectivity index (χ4v) is 7.33. The molecule has 290 valence electrons. The van der Waals surface area contributed by atoms with Gasteiger partial charge in [0.15, 0.2) is 11.6 Å². The zero-order valence-corrected chi connectivity index (χ0v) is 33.0. The van der Waals surface area contributed by atoms with E-state index in [1.807, 2.05) is 24.3 Å². The van der Waals surface area contributed by atoms with Crippen molar-refractivity contribution in [1.82, 2.24) is 15.0 Å². The normalized spacial score (nSPS) is 11.4. The molecule has 7 heteroatoms. The third kappa shape index (κ3) is 12.3. The molecule has 2 N–H and O–H groups in total. The van der Waals surface area contributed by atoms with Crippen LogP contribution in [0.2, 0.25) is 0 Å². The van der Waals surface area contributed by atoms with Gasteiger partial charge in [-0.15, -0.1) is 0 Å². The van der Waals surface area contributed by atoms with Gasteiger partial charge in [0.2, 0.25) is 0 Å². The van der Waals surface area contributed by atoms with Gasteiger partial charge in [-0.25, -0.2) is 4.98 Å². The number of phenolic OH excluding ortho intramolecular Hbond substituents is 2. The molecular formula is C47H63N3O4. The first kappa shape index (κ1) is 40.8. The van der Waals surface area contributed by atoms with Crippen LogP contribution < -0.4 is 9.47 Å². The predicted molar refractivity (Wildman–Crippen MR) is 224 cm³/mol. The van der Waals surface area contributed by atoms with Gasteiger partial charge in [0, 0.05) is 17.7 Å². The molecule has 7 nitrogen and oxygen atoms in total. The van der Waals surface area contributed by atoms with E-state index in [1.165, 1.54) is 115 Å². The largest absolute Gasteiger partial charge is 0.507 e. The number of phenols is 2. The summed E-state index contributed by atoms with van der Waals surface area (Å²) in [5.41, 5.74) is 0.977. The van der Waals surface area contributed by atoms with E-state index in [0.717, 1.165) is 52.8 Å². The summed E-state index contributed by atoms with van der Waals surface area (Å²) in [7, 11) is 0. The van der Waals surface area contributed by atoms with Crippen LogP contribution in [-0.2, 0) is 0 Å². The lowest BCUT2D eigenvalue weighted by atomic mass is 9.96. The lowest BCUT2D eigenvalue weighted by Crippen LogP contribution is -2.06. The Morgan fingerprint density at radius 3 is 1.33 bits per heavy atom. The maximum absolute atomic E-state index is 11.3. The Balaban J connectivity index is 1.29. The lowest BCUT2D eigenvalue weighted by Gasteiger charge is -2.15. The van der Waals surface area contributed by atoms with E-state index < -0.39 is 0 Å². The van der Waals surface area contributed by atoms with E-state index in [1.54, 1.807) is 0 Å². The summed E-state index contributed by atoms with van der Waals surface area (Å²) in [6, 6.07) is 21.8. The number of benzene rings is 4. The Hall–Kier alpha value is -4.39. The SMILES string of the molecule is CCCCCCCCCCCCOc1cc(O)c(-c2nc(OCCCCCCCCCCCC)nc(-c3c4ccccc4cc4ccccc34)n2)c(O)c1. The summed E-state index contributed by atoms with van der Waals surface area (Å²) in [5, 5.41) is 26.7. The summed E-state index contributed by atoms with van der Waals surface area (Å²) in [4.78, 5) is 14.4. The highest BCUT2D eigenvalue weighted by atomic mass is 16.5. The molecule has 0 aliphatic carbocycles. The Morgan fingerprint density at radius 1 is 0.444 bits per heavy atom. The molecule has 0 aliphatic rings. The van der Waals surface area contributed by atoms with Gasteiger partial charge in [0.1, 0.15) is 22.8 Å². The fraction of sp³-hybridized carbons (Fsp3) is 0.511. The van der Waals surface area contributed by atoms with Crippen LogP contribution in [0.5, 0.6) is 23.3 Å². The van der Waals surface area contributed by atoms with E-state index in [0.29, 0.717) is 24.8 Å². The molecule has 0 saturated carbocycles. The van der Waals surface area contributed by atoms with Crippen LogP contribution >= 0.6 is 0 Å². The number of hydrogen-bond acceptors (Lipinski definition) is 7. The first-order chi connectivity index (χ1) is 26.6. The van der Waals surface area contributed by atoms with Crippen molar-refractivity contribution in [1.29, 1.82) is 0 Å². The zero-order chi connectivity index (χ0) is 37.8. The second-order valence-electron chi connectivity index (χ2n) is 14.9. The van der Waals surface area contributed by atoms with Crippen molar-refractivity contribution in [3.63, 3.8) is 0 Å². The Morgan fingerprint density at radius 2 is 0.852 bits per heavy atom. The van der Waals surface area contributed by atoms with E-state index in [4.69, 9.17) is 19.4 Å². The number of unbranched alkanes of at least 4 members (excludes halogenated alkanes) is 18. The molecule has 0 atom stereocenters. The highest BCUT2D eigenvalue weighted by Crippen LogP contribution is 2.41. The molecule has 1 heterocycles. The van der Waals surface area contributed by atoms with Crippen LogP contribution in [0.4, 0.5) is 0 Å². The van der Waals surface area contributed by atoms with Crippen LogP contribution in [0, 0.1) is 0 Å². The van der Waals surface area contributed by atoms with Gasteiger partial charge in [0.25, 0.3) is 0 Å². The summed E-state index contributed by atoms with van der Waals surface area (Å²) < 4.78 is 12.2. The van der Waals surface area contributed by atoms with Crippen LogP contribution in [0.25, 0.3) is 44.3 Å². The maximum atomic E-state index is 11.3. The van der Waals surface area contributed by atoms with E-state index in [2.05, 4.69) is 49.2 Å². The fourth-order valence-electron chi connectivity index (χ4n) is 7.33. The molecule has 5 aromatic rings. The van der Waals surface area contributed by atoms with Crippen LogP contribution in [0.3, 0.4) is 0 Å². The van der Waals surface area contributed by atoms with Crippen molar-refractivity contribution in [2.75, 3.05) is 13.2 Å². The molecule has 1 aromatic heterocycles. The second kappa shape index (κ2) is 22.7. The predicted octanol–water partition coefficient (Wildman–Crippen LogP) is 13.5. The number of hydrogen-bond donors (Lipinski definition) is 2. The Bertz CT molecular complexity index is 1780. The average Bonchev–Trinajstić information content (AvgIpc) is 3.17. The van der Waals surface area contributed by atoms with Crippen molar-refractivity contribution in [2.45, 2.75) is 142 Å². The molecule has 0 radical (unpaired) electrons. The van der Waals surface area contributed by atoms with Crippen molar-refractivity contribution < 1.29 is 19.7 Å². The summed E-state index contributed by atoms with van der Waals surface area (Å²) in [6.07, 6.45) is 24.8. The average molecular weight is 734 g/mol. The Labute approximate surface area is 323 Å². The van der Waals surface area contributed by atoms with E-state index in [-0.39, 0.29) is 28.9 Å². The van der Waals surface area contributed by atoms with Crippen LogP contribution in [0.1, 0.15) is 142 Å². The quantitative estimate of drug-likeness (QED) is 0.0431. The molecule has 0 aliphatic heterocycles. The van der Waals surface area contributed by atoms with Gasteiger partial charge >= 0.3 is 6.01 Å². The van der Waals surface area contributed by atoms with Crippen molar-refractivity contribution in [3.05, 3.63) is 66.7 Å². The number of fused-ring (bicyclic) bond motifs is 2. The molecular weight excluding hydrogens is 671 g/mol. The molecule has 0 fully saturated rings. The number of nitrogens with zero attached hydrogens (tertiary/aromatic N) is 3. The van der Waals surface area contributed by atoms with Gasteiger partial charge in [-0.1, -0.05) is 178 Å². The summed E-state index contributed by atoms with van der Waals surface area (Å²) in [6.45, 7) is 5.51. The molecule has 0 bridgehead atoms. The van der Waals surface area contributed by atoms with Crippen LogP contribution in [0.15, 0.2) is 66.7 Å². The molecule has 0 amide bonds. The first-order valence-electron chi connectivity index (χ1n) is 21.1. The van der Waals surface area contributed by atoms with E-state index in [9.17, 15) is 10.2 Å². The molecule has 54 heavy (non-hydrogen) atoms. The standard InChI is InChI=1S/C47H63N3O4/c1-3-5-7-9-11-13-15-17-19-25-31-53-38-34-41(51)44(42(52)35-38)46-48-45(43-39-29-23-21-27-36(39)33-37-28-22-24-30-40(37)43)49-47(50-46)54-32-26-20-18-16-14-12-10-8-6-4-2/h21-24,27-30,33-35,51-52H,3-20,25-26,31-32H2,1-2H3. The first-order valence-corrected chi connectivity index (χ1v) is 21.1. The minimum absolute atomic E-state index is 0.123. The third-order valence-corrected chi connectivity index (χ3v) is 10.4. The van der Waals surface area contributed by atoms with Gasteiger partial charge in [-0.05, 0) is 40.5 Å². The summed E-state index contributed by atoms with van der Waals surface area (Å²) in [5.74, 6) is 0.663. The van der Waals surface area contributed by atoms with Gasteiger partial charge < -0.3 is 19.7 Å². The molecule has 5 rings (SSSR count). The smallest absolute Gasteiger partial charge is 0.320 e. The topological polar surface area (TPSA) is 97.6 Å². The Kier molecular flexibility index (Phi) is 17.2. The number of ether oxygens (including phenoxy) is 2. The molecule has 0 saturated heterocycles. The van der Waals surface area contributed by atoms with Crippen molar-refractivity contribution in [3.8, 4) is 46.0 Å². The minimum atomic E-state index is -0.159. The molecule has 0 spiro atoms. The highest BCUT2D eigenvalue weighted by molar-refractivity contribution is 6.11. The van der Waals surface area contributed by atoms with Crippen molar-refractivity contribution in [2.24, 2.45) is 0 Å². The zero-order valence-electron chi connectivity index (χ0n) is 33.0. The highest BCUT2D eigenvalue weighted by Gasteiger charge is 2.21. The molecule has 4 aromatic carbocycles.